The fraction of sp³-hybridized carbons (Fsp3) is 0.167. The van der Waals surface area contributed by atoms with Gasteiger partial charge in [0.05, 0.1) is 11.2 Å². The minimum absolute atomic E-state index is 0.813. The molecule has 0 amide bonds. The first kappa shape index (κ1) is 13.3. The Hall–Kier alpha value is -1.67. The zero-order valence-corrected chi connectivity index (χ0v) is 13.2. The maximum Gasteiger partial charge on any atom is 0.0752 e. The summed E-state index contributed by atoms with van der Waals surface area (Å²) >= 11 is 3.59. The summed E-state index contributed by atoms with van der Waals surface area (Å²) in [4.78, 5) is 4.91. The minimum atomic E-state index is 0.813. The molecule has 2 aromatic carbocycles. The van der Waals surface area contributed by atoms with Gasteiger partial charge in [-0.2, -0.15) is 0 Å². The van der Waals surface area contributed by atoms with Crippen LogP contribution in [0.4, 0.5) is 0 Å². The predicted molar refractivity (Wildman–Crippen MR) is 89.3 cm³/mol. The van der Waals surface area contributed by atoms with Crippen LogP contribution >= 0.6 is 15.9 Å². The fourth-order valence-corrected chi connectivity index (χ4v) is 2.92. The van der Waals surface area contributed by atoms with Gasteiger partial charge in [-0.25, -0.2) is 4.98 Å². The standard InChI is InChI=1S/C18H16BrN/c1-12-7-8-14-10-15(11-19)18(20-17(14)9-12)16-6-4-3-5-13(16)2/h3-10H,11H2,1-2H3. The molecule has 0 fully saturated rings. The van der Waals surface area contributed by atoms with Gasteiger partial charge in [0, 0.05) is 16.3 Å². The zero-order chi connectivity index (χ0) is 14.1. The van der Waals surface area contributed by atoms with E-state index in [9.17, 15) is 0 Å². The van der Waals surface area contributed by atoms with E-state index in [2.05, 4.69) is 78.3 Å². The molecule has 0 aliphatic carbocycles. The van der Waals surface area contributed by atoms with Crippen molar-refractivity contribution in [3.63, 3.8) is 0 Å². The van der Waals surface area contributed by atoms with Gasteiger partial charge in [0.15, 0.2) is 0 Å². The number of aryl methyl sites for hydroxylation is 2. The fourth-order valence-electron chi connectivity index (χ4n) is 2.49. The lowest BCUT2D eigenvalue weighted by Crippen LogP contribution is -1.94. The Morgan fingerprint density at radius 2 is 1.80 bits per heavy atom. The number of alkyl halides is 1. The number of fused-ring (bicyclic) bond motifs is 1. The largest absolute Gasteiger partial charge is 0.247 e. The summed E-state index contributed by atoms with van der Waals surface area (Å²) < 4.78 is 0. The van der Waals surface area contributed by atoms with Gasteiger partial charge in [-0.05, 0) is 42.7 Å². The summed E-state index contributed by atoms with van der Waals surface area (Å²) in [7, 11) is 0. The average molecular weight is 326 g/mol. The highest BCUT2D eigenvalue weighted by Gasteiger charge is 2.10. The number of rotatable bonds is 2. The van der Waals surface area contributed by atoms with Gasteiger partial charge < -0.3 is 0 Å². The van der Waals surface area contributed by atoms with Crippen molar-refractivity contribution in [1.29, 1.82) is 0 Å². The molecule has 0 unspecified atom stereocenters. The molecule has 3 rings (SSSR count). The molecule has 0 N–H and O–H groups in total. The molecule has 0 spiro atoms. The monoisotopic (exact) mass is 325 g/mol. The van der Waals surface area contributed by atoms with Crippen LogP contribution in [0, 0.1) is 13.8 Å². The van der Waals surface area contributed by atoms with Crippen LogP contribution in [0.5, 0.6) is 0 Å². The van der Waals surface area contributed by atoms with E-state index in [0.717, 1.165) is 16.5 Å². The van der Waals surface area contributed by atoms with Crippen LogP contribution in [0.3, 0.4) is 0 Å². The molecule has 3 aromatic rings. The smallest absolute Gasteiger partial charge is 0.0752 e. The van der Waals surface area contributed by atoms with Crippen molar-refractivity contribution in [2.45, 2.75) is 19.2 Å². The van der Waals surface area contributed by atoms with E-state index in [1.165, 1.54) is 27.6 Å². The lowest BCUT2D eigenvalue weighted by molar-refractivity contribution is 1.29. The van der Waals surface area contributed by atoms with Gasteiger partial charge in [0.2, 0.25) is 0 Å². The predicted octanol–water partition coefficient (Wildman–Crippen LogP) is 5.41. The van der Waals surface area contributed by atoms with Crippen molar-refractivity contribution in [3.8, 4) is 11.3 Å². The molecule has 1 aromatic heterocycles. The summed E-state index contributed by atoms with van der Waals surface area (Å²) in [6.45, 7) is 4.24. The third-order valence-electron chi connectivity index (χ3n) is 3.60. The van der Waals surface area contributed by atoms with E-state index < -0.39 is 0 Å². The van der Waals surface area contributed by atoms with Crippen molar-refractivity contribution < 1.29 is 0 Å². The molecule has 0 saturated heterocycles. The highest BCUT2D eigenvalue weighted by atomic mass is 79.9. The Morgan fingerprint density at radius 3 is 2.55 bits per heavy atom. The average Bonchev–Trinajstić information content (AvgIpc) is 2.46. The Morgan fingerprint density at radius 1 is 1.00 bits per heavy atom. The number of halogens is 1. The maximum absolute atomic E-state index is 4.91. The quantitative estimate of drug-likeness (QED) is 0.574. The summed E-state index contributed by atoms with van der Waals surface area (Å²) in [5.74, 6) is 0. The lowest BCUT2D eigenvalue weighted by Gasteiger charge is -2.11. The minimum Gasteiger partial charge on any atom is -0.247 e. The topological polar surface area (TPSA) is 12.9 Å². The van der Waals surface area contributed by atoms with Crippen molar-refractivity contribution >= 4 is 26.8 Å². The highest BCUT2D eigenvalue weighted by molar-refractivity contribution is 9.08. The van der Waals surface area contributed by atoms with E-state index in [1.54, 1.807) is 0 Å². The van der Waals surface area contributed by atoms with E-state index in [0.29, 0.717) is 0 Å². The normalized spacial score (nSPS) is 10.9. The molecular weight excluding hydrogens is 310 g/mol. The van der Waals surface area contributed by atoms with Gasteiger partial charge in [0.1, 0.15) is 0 Å². The first-order valence-electron chi connectivity index (χ1n) is 6.71. The zero-order valence-electron chi connectivity index (χ0n) is 11.7. The molecule has 0 saturated carbocycles. The summed E-state index contributed by atoms with van der Waals surface area (Å²) in [5.41, 5.74) is 7.09. The molecule has 1 heterocycles. The highest BCUT2D eigenvalue weighted by Crippen LogP contribution is 2.29. The van der Waals surface area contributed by atoms with Crippen LogP contribution in [0.2, 0.25) is 0 Å². The summed E-state index contributed by atoms with van der Waals surface area (Å²) in [6.07, 6.45) is 0. The van der Waals surface area contributed by atoms with Crippen molar-refractivity contribution in [2.24, 2.45) is 0 Å². The van der Waals surface area contributed by atoms with Gasteiger partial charge in [-0.3, -0.25) is 0 Å². The third-order valence-corrected chi connectivity index (χ3v) is 4.20. The van der Waals surface area contributed by atoms with Gasteiger partial charge >= 0.3 is 0 Å². The number of aromatic nitrogens is 1. The Balaban J connectivity index is 2.31. The molecule has 0 bridgehead atoms. The van der Waals surface area contributed by atoms with E-state index in [4.69, 9.17) is 4.98 Å². The molecule has 0 aliphatic heterocycles. The second-order valence-electron chi connectivity index (χ2n) is 5.14. The second kappa shape index (κ2) is 5.37. The molecule has 100 valence electrons. The lowest BCUT2D eigenvalue weighted by atomic mass is 10.00. The van der Waals surface area contributed by atoms with E-state index in [1.807, 2.05) is 0 Å². The SMILES string of the molecule is Cc1ccc2cc(CBr)c(-c3ccccc3C)nc2c1. The number of nitrogens with zero attached hydrogens (tertiary/aromatic N) is 1. The number of hydrogen-bond donors (Lipinski definition) is 0. The molecule has 0 aliphatic rings. The van der Waals surface area contributed by atoms with Gasteiger partial charge in [-0.15, -0.1) is 0 Å². The van der Waals surface area contributed by atoms with Crippen LogP contribution in [0.25, 0.3) is 22.2 Å². The first-order valence-corrected chi connectivity index (χ1v) is 7.83. The second-order valence-corrected chi connectivity index (χ2v) is 5.70. The van der Waals surface area contributed by atoms with Crippen LogP contribution in [0.15, 0.2) is 48.5 Å². The van der Waals surface area contributed by atoms with E-state index >= 15 is 0 Å². The van der Waals surface area contributed by atoms with E-state index in [-0.39, 0.29) is 0 Å². The van der Waals surface area contributed by atoms with Crippen LogP contribution in [0.1, 0.15) is 16.7 Å². The molecule has 1 nitrogen and oxygen atoms in total. The summed E-state index contributed by atoms with van der Waals surface area (Å²) in [6, 6.07) is 17.1. The molecule has 0 atom stereocenters. The van der Waals surface area contributed by atoms with Crippen LogP contribution < -0.4 is 0 Å². The Kier molecular flexibility index (Phi) is 3.58. The van der Waals surface area contributed by atoms with Crippen molar-refractivity contribution in [2.75, 3.05) is 0 Å². The molecular formula is C18H16BrN. The number of pyridine rings is 1. The number of hydrogen-bond acceptors (Lipinski definition) is 1. The van der Waals surface area contributed by atoms with Crippen LogP contribution in [-0.4, -0.2) is 4.98 Å². The first-order chi connectivity index (χ1) is 9.69. The Bertz CT molecular complexity index is 777. The van der Waals surface area contributed by atoms with Crippen molar-refractivity contribution in [3.05, 3.63) is 65.2 Å². The van der Waals surface area contributed by atoms with Crippen molar-refractivity contribution in [1.82, 2.24) is 4.98 Å². The summed E-state index contributed by atoms with van der Waals surface area (Å²) in [5, 5.41) is 2.01. The van der Waals surface area contributed by atoms with Gasteiger partial charge in [0.25, 0.3) is 0 Å². The Labute approximate surface area is 127 Å². The number of benzene rings is 2. The molecule has 20 heavy (non-hydrogen) atoms. The van der Waals surface area contributed by atoms with Crippen LogP contribution in [-0.2, 0) is 5.33 Å². The molecule has 2 heteroatoms. The third kappa shape index (κ3) is 2.36. The molecule has 0 radical (unpaired) electrons. The van der Waals surface area contributed by atoms with Gasteiger partial charge in [-0.1, -0.05) is 52.3 Å². The maximum atomic E-state index is 4.91.